The fraction of sp³-hybridized carbons (Fsp3) is 0.0400. The van der Waals surface area contributed by atoms with Gasteiger partial charge in [-0.3, -0.25) is 0 Å². The van der Waals surface area contributed by atoms with Gasteiger partial charge in [-0.1, -0.05) is 164 Å². The molecule has 8 aromatic carbocycles. The van der Waals surface area contributed by atoms with Crippen molar-refractivity contribution in [2.45, 2.75) is 10.8 Å². The Morgan fingerprint density at radius 1 is 0.275 bits per heavy atom. The van der Waals surface area contributed by atoms with E-state index in [1.165, 1.54) is 89.0 Å². The first-order valence-corrected chi connectivity index (χ1v) is 17.9. The lowest BCUT2D eigenvalue weighted by Gasteiger charge is -2.31. The second kappa shape index (κ2) is 9.62. The lowest BCUT2D eigenvalue weighted by atomic mass is 9.70. The Kier molecular flexibility index (Phi) is 5.17. The second-order valence-electron chi connectivity index (χ2n) is 14.4. The molecular weight excluding hydrogens is 615 g/mol. The fourth-order valence-corrected chi connectivity index (χ4v) is 10.6. The molecule has 0 aromatic heterocycles. The summed E-state index contributed by atoms with van der Waals surface area (Å²) >= 11 is 0. The Balaban J connectivity index is 1.08. The molecule has 4 aliphatic carbocycles. The summed E-state index contributed by atoms with van der Waals surface area (Å²) in [5, 5.41) is 4.01. The molecule has 0 radical (unpaired) electrons. The molecule has 0 unspecified atom stereocenters. The van der Waals surface area contributed by atoms with E-state index in [0.29, 0.717) is 0 Å². The van der Waals surface area contributed by atoms with E-state index in [2.05, 4.69) is 187 Å². The first-order valence-electron chi connectivity index (χ1n) is 17.9. The van der Waals surface area contributed by atoms with E-state index in [1.807, 2.05) is 0 Å². The molecule has 1 heteroatoms. The van der Waals surface area contributed by atoms with E-state index < -0.39 is 0 Å². The minimum Gasteiger partial charge on any atom is -0.355 e. The van der Waals surface area contributed by atoms with Crippen LogP contribution in [0.4, 0.5) is 11.4 Å². The molecule has 8 aromatic rings. The summed E-state index contributed by atoms with van der Waals surface area (Å²) in [6, 6.07) is 68.1. The maximum Gasteiger partial charge on any atom is 0.0726 e. The van der Waals surface area contributed by atoms with Crippen molar-refractivity contribution >= 4 is 11.4 Å². The minimum absolute atomic E-state index is 0.363. The van der Waals surface area contributed by atoms with E-state index in [9.17, 15) is 0 Å². The maximum absolute atomic E-state index is 4.01. The van der Waals surface area contributed by atoms with Gasteiger partial charge in [0.15, 0.2) is 0 Å². The van der Waals surface area contributed by atoms with E-state index in [-0.39, 0.29) is 10.8 Å². The summed E-state index contributed by atoms with van der Waals surface area (Å²) in [7, 11) is 0. The molecule has 0 atom stereocenters. The average Bonchev–Trinajstić information content (AvgIpc) is 3.87. The summed E-state index contributed by atoms with van der Waals surface area (Å²) in [5.41, 5.74) is 22.9. The molecule has 0 aliphatic heterocycles. The van der Waals surface area contributed by atoms with Crippen molar-refractivity contribution in [3.05, 3.63) is 226 Å². The molecule has 1 N–H and O–H groups in total. The van der Waals surface area contributed by atoms with E-state index in [0.717, 1.165) is 11.4 Å². The molecule has 0 bridgehead atoms. The monoisotopic (exact) mass is 645 g/mol. The Labute approximate surface area is 297 Å². The summed E-state index contributed by atoms with van der Waals surface area (Å²) in [6.45, 7) is 0. The van der Waals surface area contributed by atoms with Gasteiger partial charge in [0.25, 0.3) is 0 Å². The summed E-state index contributed by atoms with van der Waals surface area (Å²) in [6.07, 6.45) is 0. The molecule has 0 saturated carbocycles. The first-order chi connectivity index (χ1) is 25.3. The molecule has 2 spiro atoms. The highest BCUT2D eigenvalue weighted by Crippen LogP contribution is 2.65. The van der Waals surface area contributed by atoms with Crippen LogP contribution < -0.4 is 5.32 Å². The zero-order valence-electron chi connectivity index (χ0n) is 27.8. The number of nitrogens with one attached hydrogen (secondary N) is 1. The normalized spacial score (nSPS) is 15.0. The zero-order valence-corrected chi connectivity index (χ0v) is 27.8. The third-order valence-corrected chi connectivity index (χ3v) is 12.3. The summed E-state index contributed by atoms with van der Waals surface area (Å²) < 4.78 is 0. The van der Waals surface area contributed by atoms with Gasteiger partial charge >= 0.3 is 0 Å². The predicted octanol–water partition coefficient (Wildman–Crippen LogP) is 12.1. The van der Waals surface area contributed by atoms with Gasteiger partial charge in [0.1, 0.15) is 0 Å². The molecule has 4 aliphatic rings. The van der Waals surface area contributed by atoms with Crippen molar-refractivity contribution in [3.8, 4) is 44.5 Å². The van der Waals surface area contributed by atoms with Crippen molar-refractivity contribution in [1.29, 1.82) is 0 Å². The van der Waals surface area contributed by atoms with Gasteiger partial charge in [0.05, 0.1) is 10.8 Å². The highest BCUT2D eigenvalue weighted by molar-refractivity contribution is 6.00. The van der Waals surface area contributed by atoms with Crippen LogP contribution in [0.5, 0.6) is 0 Å². The molecule has 51 heavy (non-hydrogen) atoms. The Morgan fingerprint density at radius 2 is 0.627 bits per heavy atom. The summed E-state index contributed by atoms with van der Waals surface area (Å²) in [5.74, 6) is 0. The lowest BCUT2D eigenvalue weighted by molar-refractivity contribution is 0.793. The van der Waals surface area contributed by atoms with Gasteiger partial charge in [0, 0.05) is 16.9 Å². The maximum atomic E-state index is 4.01. The third kappa shape index (κ3) is 3.15. The quantitative estimate of drug-likeness (QED) is 0.197. The van der Waals surface area contributed by atoms with Gasteiger partial charge in [-0.15, -0.1) is 0 Å². The van der Waals surface area contributed by atoms with Gasteiger partial charge in [-0.2, -0.15) is 0 Å². The average molecular weight is 646 g/mol. The predicted molar refractivity (Wildman–Crippen MR) is 209 cm³/mol. The van der Waals surface area contributed by atoms with Crippen molar-refractivity contribution in [2.24, 2.45) is 0 Å². The molecule has 236 valence electrons. The number of hydrogen-bond acceptors (Lipinski definition) is 1. The first kappa shape index (κ1) is 27.4. The Hall–Kier alpha value is -6.44. The van der Waals surface area contributed by atoms with Gasteiger partial charge in [-0.25, -0.2) is 0 Å². The van der Waals surface area contributed by atoms with Crippen molar-refractivity contribution < 1.29 is 0 Å². The van der Waals surface area contributed by atoms with Crippen molar-refractivity contribution in [3.63, 3.8) is 0 Å². The number of anilines is 2. The number of rotatable bonds is 2. The molecule has 12 rings (SSSR count). The van der Waals surface area contributed by atoms with E-state index >= 15 is 0 Å². The summed E-state index contributed by atoms with van der Waals surface area (Å²) in [4.78, 5) is 0. The SMILES string of the molecule is c1ccc2c(c1)-c1ccccc1C21c2ccccc2-c2ccc(Nc3cccc4c3-c3ccccc3C43c4ccccc4-c4ccccc43)cc21. The van der Waals surface area contributed by atoms with Crippen LogP contribution in [0.2, 0.25) is 0 Å². The van der Waals surface area contributed by atoms with Crippen LogP contribution in [0.3, 0.4) is 0 Å². The Bertz CT molecular complexity index is 2690. The Morgan fingerprint density at radius 3 is 1.10 bits per heavy atom. The number of benzene rings is 8. The second-order valence-corrected chi connectivity index (χ2v) is 14.4. The number of hydrogen-bond donors (Lipinski definition) is 1. The number of fused-ring (bicyclic) bond motifs is 20. The van der Waals surface area contributed by atoms with Crippen molar-refractivity contribution in [1.82, 2.24) is 0 Å². The van der Waals surface area contributed by atoms with Crippen LogP contribution in [-0.4, -0.2) is 0 Å². The molecule has 0 heterocycles. The standard InChI is InChI=1S/C50H31N/c1-7-20-39-32(14-1)33-15-2-8-21-40(33)49(39)44-25-12-6-19-38(44)48-45(49)26-13-27-47(48)51-31-28-29-37-36-18-5-11-24-43(36)50(46(37)30-31)41-22-9-3-16-34(41)35-17-4-10-23-42(35)50/h1-30,51H. The molecular formula is C50H31N. The fourth-order valence-electron chi connectivity index (χ4n) is 10.6. The largest absolute Gasteiger partial charge is 0.355 e. The molecule has 1 nitrogen and oxygen atoms in total. The molecule has 0 saturated heterocycles. The van der Waals surface area contributed by atoms with Gasteiger partial charge in [-0.05, 0) is 102 Å². The van der Waals surface area contributed by atoms with Crippen LogP contribution in [-0.2, 0) is 10.8 Å². The lowest BCUT2D eigenvalue weighted by Crippen LogP contribution is -2.26. The zero-order chi connectivity index (χ0) is 33.3. The van der Waals surface area contributed by atoms with Crippen LogP contribution in [0, 0.1) is 0 Å². The highest BCUT2D eigenvalue weighted by atomic mass is 14.9. The highest BCUT2D eigenvalue weighted by Gasteiger charge is 2.53. The van der Waals surface area contributed by atoms with Crippen molar-refractivity contribution in [2.75, 3.05) is 5.32 Å². The molecule has 0 fully saturated rings. The van der Waals surface area contributed by atoms with Crippen LogP contribution >= 0.6 is 0 Å². The topological polar surface area (TPSA) is 12.0 Å². The minimum atomic E-state index is -0.372. The van der Waals surface area contributed by atoms with E-state index in [1.54, 1.807) is 0 Å². The van der Waals surface area contributed by atoms with Gasteiger partial charge in [0.2, 0.25) is 0 Å². The van der Waals surface area contributed by atoms with Crippen LogP contribution in [0.15, 0.2) is 182 Å². The van der Waals surface area contributed by atoms with Crippen LogP contribution in [0.1, 0.15) is 44.5 Å². The van der Waals surface area contributed by atoms with Gasteiger partial charge < -0.3 is 5.32 Å². The molecule has 0 amide bonds. The van der Waals surface area contributed by atoms with E-state index in [4.69, 9.17) is 0 Å². The van der Waals surface area contributed by atoms with Crippen LogP contribution in [0.25, 0.3) is 44.5 Å². The smallest absolute Gasteiger partial charge is 0.0726 e. The third-order valence-electron chi connectivity index (χ3n) is 12.3.